The van der Waals surface area contributed by atoms with Crippen molar-refractivity contribution in [3.8, 4) is 0 Å². The van der Waals surface area contributed by atoms with E-state index < -0.39 is 0 Å². The van der Waals surface area contributed by atoms with Crippen LogP contribution in [-0.4, -0.2) is 13.1 Å². The summed E-state index contributed by atoms with van der Waals surface area (Å²) in [5.74, 6) is 4.59. The maximum absolute atomic E-state index is 3.67. The molecule has 0 saturated carbocycles. The highest BCUT2D eigenvalue weighted by atomic mass is 14.8. The number of hydrogen-bond donors (Lipinski definition) is 1. The highest BCUT2D eigenvalue weighted by Gasteiger charge is 2.08. The summed E-state index contributed by atoms with van der Waals surface area (Å²) in [4.78, 5) is 0. The maximum atomic E-state index is 3.67. The average Bonchev–Trinajstić information content (AvgIpc) is 2.87. The van der Waals surface area contributed by atoms with Crippen LogP contribution in [0.15, 0.2) is 0 Å². The Kier molecular flexibility index (Phi) is 33.2. The van der Waals surface area contributed by atoms with E-state index in [1.54, 1.807) is 0 Å². The number of hydrogen-bond acceptors (Lipinski definition) is 1. The first-order chi connectivity index (χ1) is 18.3. The van der Waals surface area contributed by atoms with E-state index in [0.717, 1.165) is 29.6 Å². The first-order valence-electron chi connectivity index (χ1n) is 18.0. The fraction of sp³-hybridized carbons (Fsp3) is 1.00. The smallest absolute Gasteiger partial charge is 0.00488 e. The molecular formula is C37H79N. The Labute approximate surface area is 244 Å². The molecule has 4 unspecified atom stereocenters. The Balaban J connectivity index is 0. The molecule has 1 heteroatoms. The number of unbranched alkanes of at least 4 members (excludes halogenated alkanes) is 5. The molecule has 4 atom stereocenters. The van der Waals surface area contributed by atoms with Crippen LogP contribution < -0.4 is 5.32 Å². The van der Waals surface area contributed by atoms with Gasteiger partial charge in [-0.2, -0.15) is 0 Å². The summed E-state index contributed by atoms with van der Waals surface area (Å²) in [5.41, 5.74) is 0. The summed E-state index contributed by atoms with van der Waals surface area (Å²) in [6.07, 6.45) is 29.7. The Morgan fingerprint density at radius 3 is 1.16 bits per heavy atom. The molecule has 0 aromatic carbocycles. The van der Waals surface area contributed by atoms with Gasteiger partial charge in [-0.1, -0.05) is 178 Å². The molecule has 0 aliphatic heterocycles. The van der Waals surface area contributed by atoms with Crippen molar-refractivity contribution in [3.63, 3.8) is 0 Å². The third-order valence-electron chi connectivity index (χ3n) is 8.65. The van der Waals surface area contributed by atoms with Crippen molar-refractivity contribution in [2.24, 2.45) is 29.6 Å². The molecule has 0 spiro atoms. The lowest BCUT2D eigenvalue weighted by Crippen LogP contribution is -2.17. The van der Waals surface area contributed by atoms with Gasteiger partial charge in [-0.3, -0.25) is 0 Å². The normalized spacial score (nSPS) is 14.7. The molecule has 0 aliphatic carbocycles. The van der Waals surface area contributed by atoms with Crippen molar-refractivity contribution >= 4 is 0 Å². The molecular weight excluding hydrogens is 458 g/mol. The third-order valence-corrected chi connectivity index (χ3v) is 8.65. The topological polar surface area (TPSA) is 12.0 Å². The summed E-state index contributed by atoms with van der Waals surface area (Å²) >= 11 is 0. The summed E-state index contributed by atoms with van der Waals surface area (Å²) < 4.78 is 0. The van der Waals surface area contributed by atoms with E-state index in [-0.39, 0.29) is 0 Å². The van der Waals surface area contributed by atoms with Crippen LogP contribution in [0.25, 0.3) is 0 Å². The van der Waals surface area contributed by atoms with Gasteiger partial charge in [0.15, 0.2) is 0 Å². The second kappa shape index (κ2) is 31.5. The van der Waals surface area contributed by atoms with Crippen LogP contribution in [0, 0.1) is 29.6 Å². The summed E-state index contributed by atoms with van der Waals surface area (Å²) in [7, 11) is 0. The second-order valence-corrected chi connectivity index (χ2v) is 13.8. The van der Waals surface area contributed by atoms with Crippen molar-refractivity contribution < 1.29 is 0 Å². The molecule has 0 fully saturated rings. The molecule has 0 aromatic heterocycles. The lowest BCUT2D eigenvalue weighted by Gasteiger charge is -2.16. The van der Waals surface area contributed by atoms with Crippen LogP contribution in [0.4, 0.5) is 0 Å². The number of rotatable bonds is 27. The van der Waals surface area contributed by atoms with Gasteiger partial charge in [-0.05, 0) is 61.9 Å². The zero-order valence-corrected chi connectivity index (χ0v) is 28.7. The van der Waals surface area contributed by atoms with E-state index >= 15 is 0 Å². The van der Waals surface area contributed by atoms with Crippen molar-refractivity contribution in [1.29, 1.82) is 0 Å². The van der Waals surface area contributed by atoms with Crippen molar-refractivity contribution in [1.82, 2.24) is 5.32 Å². The quantitative estimate of drug-likeness (QED) is 0.103. The van der Waals surface area contributed by atoms with E-state index in [1.165, 1.54) is 148 Å². The van der Waals surface area contributed by atoms with E-state index in [0.29, 0.717) is 0 Å². The summed E-state index contributed by atoms with van der Waals surface area (Å²) in [5, 5.41) is 3.67. The van der Waals surface area contributed by atoms with E-state index in [1.807, 2.05) is 0 Å². The van der Waals surface area contributed by atoms with Gasteiger partial charge in [0.05, 0.1) is 0 Å². The zero-order chi connectivity index (χ0) is 28.9. The van der Waals surface area contributed by atoms with Crippen molar-refractivity contribution in [2.75, 3.05) is 13.1 Å². The van der Waals surface area contributed by atoms with Gasteiger partial charge >= 0.3 is 0 Å². The molecule has 1 N–H and O–H groups in total. The van der Waals surface area contributed by atoms with E-state index in [9.17, 15) is 0 Å². The SMILES string of the molecule is CCCC.CCCC(C)CCCC(C)CCCCC(C)CCCC(C)CCCNCCCCCCC(C)C. The average molecular weight is 538 g/mol. The van der Waals surface area contributed by atoms with Crippen molar-refractivity contribution in [2.45, 2.75) is 197 Å². The summed E-state index contributed by atoms with van der Waals surface area (Å²) in [6.45, 7) is 23.7. The molecule has 1 nitrogen and oxygen atoms in total. The molecule has 0 bridgehead atoms. The molecule has 0 radical (unpaired) electrons. The van der Waals surface area contributed by atoms with E-state index in [4.69, 9.17) is 0 Å². The molecule has 0 amide bonds. The van der Waals surface area contributed by atoms with E-state index in [2.05, 4.69) is 67.6 Å². The van der Waals surface area contributed by atoms with Crippen LogP contribution in [0.5, 0.6) is 0 Å². The minimum Gasteiger partial charge on any atom is -0.317 e. The van der Waals surface area contributed by atoms with Crippen LogP contribution >= 0.6 is 0 Å². The molecule has 0 aromatic rings. The fourth-order valence-electron chi connectivity index (χ4n) is 5.54. The lowest BCUT2D eigenvalue weighted by molar-refractivity contribution is 0.375. The molecule has 232 valence electrons. The Morgan fingerprint density at radius 1 is 0.342 bits per heavy atom. The predicted molar refractivity (Wildman–Crippen MR) is 178 cm³/mol. The van der Waals surface area contributed by atoms with Gasteiger partial charge in [0.1, 0.15) is 0 Å². The molecule has 0 rings (SSSR count). The summed E-state index contributed by atoms with van der Waals surface area (Å²) in [6, 6.07) is 0. The van der Waals surface area contributed by atoms with Gasteiger partial charge in [-0.25, -0.2) is 0 Å². The van der Waals surface area contributed by atoms with Crippen molar-refractivity contribution in [3.05, 3.63) is 0 Å². The predicted octanol–water partition coefficient (Wildman–Crippen LogP) is 13.0. The lowest BCUT2D eigenvalue weighted by atomic mass is 9.91. The number of nitrogens with one attached hydrogen (secondary N) is 1. The molecule has 38 heavy (non-hydrogen) atoms. The highest BCUT2D eigenvalue weighted by molar-refractivity contribution is 4.62. The largest absolute Gasteiger partial charge is 0.317 e. The third kappa shape index (κ3) is 34.0. The molecule has 0 aliphatic rings. The van der Waals surface area contributed by atoms with Crippen LogP contribution in [-0.2, 0) is 0 Å². The van der Waals surface area contributed by atoms with Crippen LogP contribution in [0.2, 0.25) is 0 Å². The first-order valence-corrected chi connectivity index (χ1v) is 18.0. The molecule has 0 heterocycles. The van der Waals surface area contributed by atoms with Gasteiger partial charge in [0.2, 0.25) is 0 Å². The standard InChI is InChI=1S/C33H69N.C4H10/c1-8-18-30(4)22-15-23-31(5)20-12-13-21-32(6)24-16-25-33(7)26-17-28-34-27-14-10-9-11-19-29(2)3;1-3-4-2/h29-34H,8-28H2,1-7H3;3-4H2,1-2H3. The molecule has 0 saturated heterocycles. The van der Waals surface area contributed by atoms with Gasteiger partial charge in [0, 0.05) is 0 Å². The van der Waals surface area contributed by atoms with Gasteiger partial charge < -0.3 is 5.32 Å². The van der Waals surface area contributed by atoms with Crippen LogP contribution in [0.3, 0.4) is 0 Å². The first kappa shape index (κ1) is 40.1. The monoisotopic (exact) mass is 538 g/mol. The maximum Gasteiger partial charge on any atom is -0.00488 e. The minimum absolute atomic E-state index is 0.876. The fourth-order valence-corrected chi connectivity index (χ4v) is 5.54. The highest BCUT2D eigenvalue weighted by Crippen LogP contribution is 2.23. The zero-order valence-electron chi connectivity index (χ0n) is 28.7. The van der Waals surface area contributed by atoms with Gasteiger partial charge in [-0.15, -0.1) is 0 Å². The van der Waals surface area contributed by atoms with Gasteiger partial charge in [0.25, 0.3) is 0 Å². The second-order valence-electron chi connectivity index (χ2n) is 13.8. The Bertz CT molecular complexity index is 415. The Morgan fingerprint density at radius 2 is 0.711 bits per heavy atom. The minimum atomic E-state index is 0.876. The van der Waals surface area contributed by atoms with Crippen LogP contribution in [0.1, 0.15) is 197 Å². The Hall–Kier alpha value is -0.0400.